The van der Waals surface area contributed by atoms with Crippen LogP contribution in [0.2, 0.25) is 0 Å². The van der Waals surface area contributed by atoms with Gasteiger partial charge in [0.05, 0.1) is 12.6 Å². The van der Waals surface area contributed by atoms with Gasteiger partial charge in [0.2, 0.25) is 5.91 Å². The maximum atomic E-state index is 13.2. The highest BCUT2D eigenvalue weighted by Gasteiger charge is 2.19. The third-order valence-electron chi connectivity index (χ3n) is 3.44. The zero-order chi connectivity index (χ0) is 17.1. The molecule has 1 aromatic carbocycles. The van der Waals surface area contributed by atoms with Gasteiger partial charge in [0.25, 0.3) is 0 Å². The number of amides is 1. The summed E-state index contributed by atoms with van der Waals surface area (Å²) in [5.41, 5.74) is 0.548. The molecule has 0 aliphatic rings. The van der Waals surface area contributed by atoms with Crippen LogP contribution in [0.3, 0.4) is 0 Å². The van der Waals surface area contributed by atoms with Crippen molar-refractivity contribution in [1.82, 2.24) is 5.32 Å². The van der Waals surface area contributed by atoms with Gasteiger partial charge < -0.3 is 10.4 Å². The average molecular weight is 315 g/mol. The second kappa shape index (κ2) is 6.96. The lowest BCUT2D eigenvalue weighted by atomic mass is 9.87. The van der Waals surface area contributed by atoms with Crippen molar-refractivity contribution in [3.8, 4) is 0 Å². The Hall–Kier alpha value is -1.82. The largest absolute Gasteiger partial charge is 0.394 e. The average Bonchev–Trinajstić information content (AvgIpc) is 2.40. The first-order valence-electron chi connectivity index (χ1n) is 6.80. The first kappa shape index (κ1) is 18.2. The van der Waals surface area contributed by atoms with Gasteiger partial charge in [-0.05, 0) is 30.0 Å². The lowest BCUT2D eigenvalue weighted by Crippen LogP contribution is -2.30. The molecule has 0 aliphatic carbocycles. The van der Waals surface area contributed by atoms with Crippen molar-refractivity contribution in [3.63, 3.8) is 0 Å². The predicted molar refractivity (Wildman–Crippen MR) is 77.5 cm³/mol. The molecule has 0 aromatic heterocycles. The number of halogens is 3. The molecule has 0 spiro atoms. The zero-order valence-corrected chi connectivity index (χ0v) is 13.0. The van der Waals surface area contributed by atoms with Crippen molar-refractivity contribution >= 4 is 5.91 Å². The highest BCUT2D eigenvalue weighted by Crippen LogP contribution is 2.24. The Kier molecular flexibility index (Phi) is 5.77. The monoisotopic (exact) mass is 315 g/mol. The number of allylic oxidation sites excluding steroid dienone is 1. The number of hydrogen-bond donors (Lipinski definition) is 2. The van der Waals surface area contributed by atoms with E-state index in [9.17, 15) is 23.1 Å². The highest BCUT2D eigenvalue weighted by atomic mass is 19.2. The van der Waals surface area contributed by atoms with Gasteiger partial charge in [-0.25, -0.2) is 13.2 Å². The van der Waals surface area contributed by atoms with Crippen molar-refractivity contribution in [3.05, 3.63) is 46.8 Å². The van der Waals surface area contributed by atoms with Gasteiger partial charge in [0.15, 0.2) is 17.5 Å². The van der Waals surface area contributed by atoms with Crippen LogP contribution >= 0.6 is 0 Å². The van der Waals surface area contributed by atoms with Gasteiger partial charge in [0, 0.05) is 6.08 Å². The third kappa shape index (κ3) is 4.59. The van der Waals surface area contributed by atoms with Crippen LogP contribution in [-0.2, 0) is 4.79 Å². The molecule has 0 fully saturated rings. The van der Waals surface area contributed by atoms with E-state index in [2.05, 4.69) is 5.32 Å². The van der Waals surface area contributed by atoms with Crippen LogP contribution in [-0.4, -0.2) is 17.6 Å². The van der Waals surface area contributed by atoms with Crippen LogP contribution < -0.4 is 5.32 Å². The predicted octanol–water partition coefficient (Wildman–Crippen LogP) is 3.25. The van der Waals surface area contributed by atoms with E-state index in [1.807, 2.05) is 20.8 Å². The minimum absolute atomic E-state index is 0.0472. The van der Waals surface area contributed by atoms with Crippen LogP contribution in [0.5, 0.6) is 0 Å². The molecule has 1 amide bonds. The van der Waals surface area contributed by atoms with Gasteiger partial charge in [-0.3, -0.25) is 4.79 Å². The number of nitrogens with one attached hydrogen (secondary N) is 1. The quantitative estimate of drug-likeness (QED) is 0.662. The first-order chi connectivity index (χ1) is 10.1. The van der Waals surface area contributed by atoms with Crippen molar-refractivity contribution in [2.24, 2.45) is 5.41 Å². The van der Waals surface area contributed by atoms with E-state index < -0.39 is 36.0 Å². The van der Waals surface area contributed by atoms with Crippen LogP contribution in [0.15, 0.2) is 23.8 Å². The summed E-state index contributed by atoms with van der Waals surface area (Å²) in [6, 6.07) is 0.473. The van der Waals surface area contributed by atoms with E-state index in [-0.39, 0.29) is 11.0 Å². The normalized spacial score (nSPS) is 13.9. The van der Waals surface area contributed by atoms with Gasteiger partial charge in [-0.15, -0.1) is 0 Å². The Morgan fingerprint density at radius 2 is 1.77 bits per heavy atom. The van der Waals surface area contributed by atoms with Gasteiger partial charge >= 0.3 is 0 Å². The molecule has 0 bridgehead atoms. The van der Waals surface area contributed by atoms with E-state index in [0.29, 0.717) is 0 Å². The Balaban J connectivity index is 2.97. The SMILES string of the molecule is C/C(=C/C(=O)NC(CO)c1cc(F)c(F)c(F)c1)C(C)(C)C. The second-order valence-corrected chi connectivity index (χ2v) is 6.12. The van der Waals surface area contributed by atoms with Crippen LogP contribution in [0.1, 0.15) is 39.3 Å². The highest BCUT2D eigenvalue weighted by molar-refractivity contribution is 5.88. The van der Waals surface area contributed by atoms with E-state index in [4.69, 9.17) is 0 Å². The molecular weight excluding hydrogens is 295 g/mol. The molecular formula is C16H20F3NO2. The van der Waals surface area contributed by atoms with Crippen molar-refractivity contribution in [2.45, 2.75) is 33.7 Å². The smallest absolute Gasteiger partial charge is 0.244 e. The lowest BCUT2D eigenvalue weighted by molar-refractivity contribution is -0.117. The number of carbonyl (C=O) groups excluding carboxylic acids is 1. The minimum atomic E-state index is -1.59. The topological polar surface area (TPSA) is 49.3 Å². The van der Waals surface area contributed by atoms with Crippen molar-refractivity contribution < 1.29 is 23.1 Å². The number of aliphatic hydroxyl groups excluding tert-OH is 1. The van der Waals surface area contributed by atoms with Crippen molar-refractivity contribution in [1.29, 1.82) is 0 Å². The molecule has 2 N–H and O–H groups in total. The maximum Gasteiger partial charge on any atom is 0.244 e. The summed E-state index contributed by atoms with van der Waals surface area (Å²) in [5, 5.41) is 11.7. The fourth-order valence-corrected chi connectivity index (χ4v) is 1.64. The van der Waals surface area contributed by atoms with E-state index in [1.54, 1.807) is 6.92 Å². The van der Waals surface area contributed by atoms with E-state index >= 15 is 0 Å². The summed E-state index contributed by atoms with van der Waals surface area (Å²) in [5.74, 6) is -4.83. The van der Waals surface area contributed by atoms with Crippen LogP contribution in [0, 0.1) is 22.9 Å². The lowest BCUT2D eigenvalue weighted by Gasteiger charge is -2.20. The fraction of sp³-hybridized carbons (Fsp3) is 0.438. The minimum Gasteiger partial charge on any atom is -0.394 e. The Morgan fingerprint density at radius 1 is 1.27 bits per heavy atom. The number of aliphatic hydroxyl groups is 1. The summed E-state index contributed by atoms with van der Waals surface area (Å²) in [6.45, 7) is 7.00. The number of rotatable bonds is 4. The molecule has 0 heterocycles. The number of carbonyl (C=O) groups is 1. The summed E-state index contributed by atoms with van der Waals surface area (Å²) >= 11 is 0. The molecule has 0 saturated carbocycles. The fourth-order valence-electron chi connectivity index (χ4n) is 1.64. The molecule has 3 nitrogen and oxygen atoms in total. The molecule has 122 valence electrons. The third-order valence-corrected chi connectivity index (χ3v) is 3.44. The number of hydrogen-bond acceptors (Lipinski definition) is 2. The number of benzene rings is 1. The maximum absolute atomic E-state index is 13.2. The molecule has 0 radical (unpaired) electrons. The van der Waals surface area contributed by atoms with Crippen molar-refractivity contribution in [2.75, 3.05) is 6.61 Å². The van der Waals surface area contributed by atoms with E-state index in [0.717, 1.165) is 17.7 Å². The van der Waals surface area contributed by atoms with Gasteiger partial charge in [0.1, 0.15) is 0 Å². The van der Waals surface area contributed by atoms with Gasteiger partial charge in [-0.2, -0.15) is 0 Å². The summed E-state index contributed by atoms with van der Waals surface area (Å²) < 4.78 is 39.4. The molecule has 1 atom stereocenters. The summed E-state index contributed by atoms with van der Waals surface area (Å²) in [4.78, 5) is 11.9. The molecule has 6 heteroatoms. The second-order valence-electron chi connectivity index (χ2n) is 6.12. The standard InChI is InChI=1S/C16H20F3NO2/c1-9(16(2,3)4)5-14(22)20-13(8-21)10-6-11(17)15(19)12(18)7-10/h5-7,13,21H,8H2,1-4H3,(H,20,22)/b9-5-. The summed E-state index contributed by atoms with van der Waals surface area (Å²) in [7, 11) is 0. The molecule has 0 aliphatic heterocycles. The molecule has 1 rings (SSSR count). The Labute approximate surface area is 127 Å². The Bertz CT molecular complexity index is 569. The molecule has 1 aromatic rings. The molecule has 22 heavy (non-hydrogen) atoms. The Morgan fingerprint density at radius 3 is 2.18 bits per heavy atom. The molecule has 0 saturated heterocycles. The first-order valence-corrected chi connectivity index (χ1v) is 6.80. The zero-order valence-electron chi connectivity index (χ0n) is 13.0. The van der Waals surface area contributed by atoms with Crippen LogP contribution in [0.25, 0.3) is 0 Å². The van der Waals surface area contributed by atoms with E-state index in [1.165, 1.54) is 6.08 Å². The van der Waals surface area contributed by atoms with Crippen LogP contribution in [0.4, 0.5) is 13.2 Å². The summed E-state index contributed by atoms with van der Waals surface area (Å²) in [6.07, 6.45) is 1.36. The van der Waals surface area contributed by atoms with Gasteiger partial charge in [-0.1, -0.05) is 26.3 Å². The molecule has 1 unspecified atom stereocenters.